The van der Waals surface area contributed by atoms with Crippen LogP contribution in [0.4, 0.5) is 5.69 Å². The van der Waals surface area contributed by atoms with Crippen LogP contribution in [0, 0.1) is 5.92 Å². The molecule has 0 radical (unpaired) electrons. The van der Waals surface area contributed by atoms with Crippen LogP contribution in [0.25, 0.3) is 0 Å². The van der Waals surface area contributed by atoms with Gasteiger partial charge in [0.05, 0.1) is 12.5 Å². The fraction of sp³-hybridized carbons (Fsp3) is 0.286. The first-order chi connectivity index (χ1) is 9.15. The maximum Gasteiger partial charge on any atom is 0.310 e. The molecule has 1 amide bonds. The molecule has 0 spiro atoms. The minimum Gasteiger partial charge on any atom is -0.481 e. The second kappa shape index (κ2) is 6.04. The summed E-state index contributed by atoms with van der Waals surface area (Å²) in [7, 11) is 0. The topological polar surface area (TPSA) is 78.4 Å². The summed E-state index contributed by atoms with van der Waals surface area (Å²) >= 11 is 0. The largest absolute Gasteiger partial charge is 0.481 e. The molecule has 0 saturated carbocycles. The second-order valence-electron chi connectivity index (χ2n) is 4.46. The first kappa shape index (κ1) is 13.1. The van der Waals surface area contributed by atoms with Gasteiger partial charge in [-0.05, 0) is 18.6 Å². The summed E-state index contributed by atoms with van der Waals surface area (Å²) in [6.07, 6.45) is 3.78. The van der Waals surface area contributed by atoms with Gasteiger partial charge in [-0.1, -0.05) is 30.4 Å². The van der Waals surface area contributed by atoms with Crippen LogP contribution in [-0.4, -0.2) is 29.6 Å². The molecule has 0 bridgehead atoms. The van der Waals surface area contributed by atoms with Gasteiger partial charge in [0, 0.05) is 11.7 Å². The van der Waals surface area contributed by atoms with Crippen LogP contribution in [0.2, 0.25) is 0 Å². The number of nitrogens with one attached hydrogen (secondary N) is 2. The van der Waals surface area contributed by atoms with E-state index in [0.717, 1.165) is 5.69 Å². The molecule has 0 aliphatic heterocycles. The Kier molecular flexibility index (Phi) is 4.18. The van der Waals surface area contributed by atoms with Crippen molar-refractivity contribution < 1.29 is 14.7 Å². The molecule has 19 heavy (non-hydrogen) atoms. The van der Waals surface area contributed by atoms with Crippen LogP contribution in [0.1, 0.15) is 6.42 Å². The number of benzene rings is 1. The average molecular weight is 260 g/mol. The molecule has 1 aromatic carbocycles. The minimum atomic E-state index is -0.851. The van der Waals surface area contributed by atoms with Gasteiger partial charge in [0.15, 0.2) is 0 Å². The van der Waals surface area contributed by atoms with Crippen molar-refractivity contribution in [3.63, 3.8) is 0 Å². The summed E-state index contributed by atoms with van der Waals surface area (Å²) in [5.41, 5.74) is 0.878. The van der Waals surface area contributed by atoms with E-state index in [1.165, 1.54) is 0 Å². The summed E-state index contributed by atoms with van der Waals surface area (Å²) < 4.78 is 0. The summed E-state index contributed by atoms with van der Waals surface area (Å²) in [5, 5.41) is 14.6. The van der Waals surface area contributed by atoms with E-state index < -0.39 is 11.9 Å². The number of carboxylic acids is 1. The molecule has 2 unspecified atom stereocenters. The molecule has 0 heterocycles. The fourth-order valence-corrected chi connectivity index (χ4v) is 1.99. The van der Waals surface area contributed by atoms with Crippen molar-refractivity contribution in [2.45, 2.75) is 12.5 Å². The van der Waals surface area contributed by atoms with Gasteiger partial charge in [-0.3, -0.25) is 9.59 Å². The molecule has 0 aromatic heterocycles. The number of rotatable bonds is 5. The Morgan fingerprint density at radius 3 is 2.58 bits per heavy atom. The van der Waals surface area contributed by atoms with Gasteiger partial charge in [-0.25, -0.2) is 0 Å². The first-order valence-corrected chi connectivity index (χ1v) is 6.14. The predicted molar refractivity (Wildman–Crippen MR) is 71.7 cm³/mol. The Labute approximate surface area is 111 Å². The molecule has 2 atom stereocenters. The maximum atomic E-state index is 11.7. The van der Waals surface area contributed by atoms with Gasteiger partial charge < -0.3 is 15.7 Å². The Hall–Kier alpha value is -2.30. The summed E-state index contributed by atoms with van der Waals surface area (Å²) in [5.74, 6) is -1.49. The number of aliphatic carboxylic acids is 1. The van der Waals surface area contributed by atoms with E-state index in [1.54, 1.807) is 12.2 Å². The zero-order chi connectivity index (χ0) is 13.7. The molecule has 5 heteroatoms. The number of anilines is 1. The molecule has 3 N–H and O–H groups in total. The molecule has 1 aliphatic rings. The normalized spacial score (nSPS) is 21.1. The lowest BCUT2D eigenvalue weighted by molar-refractivity contribution is -0.140. The Bertz CT molecular complexity index is 485. The molecular formula is C14H16N2O3. The number of carboxylic acid groups (broad SMARTS) is 1. The number of hydrogen-bond acceptors (Lipinski definition) is 3. The van der Waals surface area contributed by atoms with Crippen molar-refractivity contribution in [1.82, 2.24) is 5.32 Å². The second-order valence-corrected chi connectivity index (χ2v) is 4.46. The third kappa shape index (κ3) is 3.84. The number of amides is 1. The van der Waals surface area contributed by atoms with Gasteiger partial charge >= 0.3 is 5.97 Å². The van der Waals surface area contributed by atoms with Gasteiger partial charge in [-0.15, -0.1) is 0 Å². The van der Waals surface area contributed by atoms with Gasteiger partial charge in [0.2, 0.25) is 5.91 Å². The zero-order valence-electron chi connectivity index (χ0n) is 10.4. The van der Waals surface area contributed by atoms with E-state index >= 15 is 0 Å². The van der Waals surface area contributed by atoms with Gasteiger partial charge in [-0.2, -0.15) is 0 Å². The number of para-hydroxylation sites is 1. The van der Waals surface area contributed by atoms with E-state index in [9.17, 15) is 9.59 Å². The summed E-state index contributed by atoms with van der Waals surface area (Å²) in [4.78, 5) is 22.5. The van der Waals surface area contributed by atoms with Crippen molar-refractivity contribution in [3.05, 3.63) is 42.5 Å². The maximum absolute atomic E-state index is 11.7. The lowest BCUT2D eigenvalue weighted by Crippen LogP contribution is -2.37. The van der Waals surface area contributed by atoms with E-state index in [1.807, 2.05) is 30.3 Å². The van der Waals surface area contributed by atoms with Gasteiger partial charge in [0.1, 0.15) is 0 Å². The van der Waals surface area contributed by atoms with Crippen LogP contribution < -0.4 is 10.6 Å². The third-order valence-electron chi connectivity index (χ3n) is 2.97. The van der Waals surface area contributed by atoms with E-state index in [2.05, 4.69) is 10.6 Å². The van der Waals surface area contributed by atoms with Crippen LogP contribution in [-0.2, 0) is 9.59 Å². The molecule has 1 aliphatic carbocycles. The monoisotopic (exact) mass is 260 g/mol. The van der Waals surface area contributed by atoms with Crippen LogP contribution in [0.3, 0.4) is 0 Å². The molecule has 100 valence electrons. The third-order valence-corrected chi connectivity index (χ3v) is 2.97. The summed E-state index contributed by atoms with van der Waals surface area (Å²) in [6, 6.07) is 9.24. The molecule has 5 nitrogen and oxygen atoms in total. The van der Waals surface area contributed by atoms with E-state index in [0.29, 0.717) is 6.42 Å². The molecule has 2 rings (SSSR count). The van der Waals surface area contributed by atoms with E-state index in [-0.39, 0.29) is 18.5 Å². The summed E-state index contributed by atoms with van der Waals surface area (Å²) in [6.45, 7) is 0.173. The van der Waals surface area contributed by atoms with Crippen LogP contribution >= 0.6 is 0 Å². The number of hydrogen-bond donors (Lipinski definition) is 3. The number of carbonyl (C=O) groups is 2. The first-order valence-electron chi connectivity index (χ1n) is 6.14. The highest BCUT2D eigenvalue weighted by molar-refractivity contribution is 5.81. The highest BCUT2D eigenvalue weighted by Crippen LogP contribution is 2.17. The standard InChI is InChI=1S/C14H16N2O3/c17-13(9-15-11-4-2-1-3-5-11)16-12-7-6-10(8-12)14(18)19/h1-7,10,12,15H,8-9H2,(H,16,17)(H,18,19). The molecule has 1 aromatic rings. The Morgan fingerprint density at radius 2 is 1.95 bits per heavy atom. The van der Waals surface area contributed by atoms with Crippen molar-refractivity contribution in [2.75, 3.05) is 11.9 Å². The van der Waals surface area contributed by atoms with Crippen molar-refractivity contribution >= 4 is 17.6 Å². The van der Waals surface area contributed by atoms with Crippen LogP contribution in [0.15, 0.2) is 42.5 Å². The number of carbonyl (C=O) groups excluding carboxylic acids is 1. The average Bonchev–Trinajstić information content (AvgIpc) is 2.86. The lowest BCUT2D eigenvalue weighted by Gasteiger charge is -2.13. The predicted octanol–water partition coefficient (Wildman–Crippen LogP) is 1.24. The molecule has 0 fully saturated rings. The van der Waals surface area contributed by atoms with Crippen molar-refractivity contribution in [1.29, 1.82) is 0 Å². The quantitative estimate of drug-likeness (QED) is 0.696. The minimum absolute atomic E-state index is 0.149. The highest BCUT2D eigenvalue weighted by Gasteiger charge is 2.25. The highest BCUT2D eigenvalue weighted by atomic mass is 16.4. The van der Waals surface area contributed by atoms with Crippen molar-refractivity contribution in [2.24, 2.45) is 5.92 Å². The van der Waals surface area contributed by atoms with Crippen LogP contribution in [0.5, 0.6) is 0 Å². The Balaban J connectivity index is 1.74. The van der Waals surface area contributed by atoms with E-state index in [4.69, 9.17) is 5.11 Å². The smallest absolute Gasteiger partial charge is 0.310 e. The van der Waals surface area contributed by atoms with Gasteiger partial charge in [0.25, 0.3) is 0 Å². The lowest BCUT2D eigenvalue weighted by atomic mass is 10.1. The fourth-order valence-electron chi connectivity index (χ4n) is 1.99. The SMILES string of the molecule is O=C(CNc1ccccc1)NC1C=CC(C(=O)O)C1. The molecule has 0 saturated heterocycles. The zero-order valence-corrected chi connectivity index (χ0v) is 10.4. The Morgan fingerprint density at radius 1 is 1.21 bits per heavy atom. The molecular weight excluding hydrogens is 244 g/mol. The van der Waals surface area contributed by atoms with Crippen molar-refractivity contribution in [3.8, 4) is 0 Å².